The van der Waals surface area contributed by atoms with E-state index >= 15 is 0 Å². The molecule has 1 aliphatic rings. The van der Waals surface area contributed by atoms with E-state index in [9.17, 15) is 28.2 Å². The van der Waals surface area contributed by atoms with E-state index in [2.05, 4.69) is 10.4 Å². The molecule has 0 unspecified atom stereocenters. The summed E-state index contributed by atoms with van der Waals surface area (Å²) in [6, 6.07) is 14.9. The number of benzene rings is 3. The van der Waals surface area contributed by atoms with Gasteiger partial charge in [-0.15, -0.1) is 0 Å². The molecule has 3 aromatic carbocycles. The van der Waals surface area contributed by atoms with Crippen molar-refractivity contribution in [2.45, 2.75) is 33.1 Å². The van der Waals surface area contributed by atoms with Gasteiger partial charge in [-0.05, 0) is 43.2 Å². The Hall–Kier alpha value is -4.47. The van der Waals surface area contributed by atoms with Crippen LogP contribution >= 0.6 is 0 Å². The summed E-state index contributed by atoms with van der Waals surface area (Å²) in [4.78, 5) is 15.1. The molecule has 5 rings (SSSR count). The summed E-state index contributed by atoms with van der Waals surface area (Å²) in [6.45, 7) is 4.09. The van der Waals surface area contributed by atoms with Crippen molar-refractivity contribution in [3.8, 4) is 17.2 Å². The highest BCUT2D eigenvalue weighted by Crippen LogP contribution is 2.38. The van der Waals surface area contributed by atoms with Crippen LogP contribution in [0.25, 0.3) is 5.69 Å². The van der Waals surface area contributed by atoms with E-state index in [1.807, 2.05) is 24.3 Å². The van der Waals surface area contributed by atoms with E-state index < -0.39 is 23.4 Å². The molecule has 2 heterocycles. The molecule has 0 aliphatic carbocycles. The zero-order valence-corrected chi connectivity index (χ0v) is 20.0. The van der Waals surface area contributed by atoms with E-state index in [0.29, 0.717) is 30.2 Å². The fourth-order valence-electron chi connectivity index (χ4n) is 4.59. The van der Waals surface area contributed by atoms with Crippen LogP contribution in [0.3, 0.4) is 0 Å². The number of aromatic nitrogens is 2. The Bertz CT molecular complexity index is 1500. The number of alkyl halides is 3. The van der Waals surface area contributed by atoms with E-state index in [-0.39, 0.29) is 22.7 Å². The van der Waals surface area contributed by atoms with Gasteiger partial charge in [0.2, 0.25) is 0 Å². The second kappa shape index (κ2) is 8.88. The first-order valence-electron chi connectivity index (χ1n) is 11.5. The molecular weight excluding hydrogens is 485 g/mol. The molecule has 1 aromatic heterocycles. The van der Waals surface area contributed by atoms with Crippen molar-refractivity contribution >= 4 is 17.3 Å². The molecule has 0 saturated carbocycles. The number of nitrogens with zero attached hydrogens (tertiary/aromatic N) is 3. The van der Waals surface area contributed by atoms with Gasteiger partial charge in [-0.1, -0.05) is 30.3 Å². The summed E-state index contributed by atoms with van der Waals surface area (Å²) < 4.78 is 41.1. The molecule has 0 fully saturated rings. The molecule has 1 amide bonds. The Balaban J connectivity index is 1.51. The highest BCUT2D eigenvalue weighted by atomic mass is 19.4. The molecule has 0 atom stereocenters. The zero-order valence-electron chi connectivity index (χ0n) is 20.0. The quantitative estimate of drug-likeness (QED) is 0.323. The SMILES string of the molecule is Cc1nn(-c2cccc(C(F)(F)F)c2)c(C)c1Nc1cc(O)cc(O)c1C(=O)N1Cc2ccccc2C1. The van der Waals surface area contributed by atoms with Gasteiger partial charge < -0.3 is 20.4 Å². The first-order valence-corrected chi connectivity index (χ1v) is 11.5. The standard InChI is InChI=1S/C27H23F3N4O3/c1-15-25(16(2)34(32-15)20-9-5-8-19(10-20)27(28,29)30)31-22-11-21(35)12-23(36)24(22)26(37)33-13-17-6-3-4-7-18(17)14-33/h3-12,31,35-36H,13-14H2,1-2H3. The van der Waals surface area contributed by atoms with Gasteiger partial charge in [0.1, 0.15) is 17.1 Å². The van der Waals surface area contributed by atoms with Crippen LogP contribution in [0, 0.1) is 13.8 Å². The van der Waals surface area contributed by atoms with Crippen molar-refractivity contribution in [3.05, 3.63) is 94.3 Å². The van der Waals surface area contributed by atoms with E-state index in [0.717, 1.165) is 29.3 Å². The molecule has 0 bridgehead atoms. The molecule has 0 radical (unpaired) electrons. The smallest absolute Gasteiger partial charge is 0.416 e. The number of anilines is 2. The van der Waals surface area contributed by atoms with Crippen LogP contribution in [0.1, 0.15) is 38.4 Å². The summed E-state index contributed by atoms with van der Waals surface area (Å²) >= 11 is 0. The molecule has 1 aliphatic heterocycles. The molecule has 7 nitrogen and oxygen atoms in total. The third-order valence-corrected chi connectivity index (χ3v) is 6.41. The van der Waals surface area contributed by atoms with Gasteiger partial charge in [0.15, 0.2) is 0 Å². The Morgan fingerprint density at radius 3 is 2.30 bits per heavy atom. The van der Waals surface area contributed by atoms with E-state index in [1.54, 1.807) is 18.7 Å². The van der Waals surface area contributed by atoms with Crippen molar-refractivity contribution in [2.24, 2.45) is 0 Å². The molecule has 37 heavy (non-hydrogen) atoms. The number of phenolic OH excluding ortho intramolecular Hbond substituents is 2. The predicted molar refractivity (Wildman–Crippen MR) is 131 cm³/mol. The van der Waals surface area contributed by atoms with Crippen molar-refractivity contribution in [3.63, 3.8) is 0 Å². The number of fused-ring (bicyclic) bond motifs is 1. The summed E-state index contributed by atoms with van der Waals surface area (Å²) in [6.07, 6.45) is -4.50. The van der Waals surface area contributed by atoms with Crippen LogP contribution in [-0.4, -0.2) is 30.8 Å². The van der Waals surface area contributed by atoms with Gasteiger partial charge in [-0.3, -0.25) is 4.79 Å². The topological polar surface area (TPSA) is 90.6 Å². The van der Waals surface area contributed by atoms with Crippen molar-refractivity contribution < 1.29 is 28.2 Å². The summed E-state index contributed by atoms with van der Waals surface area (Å²) in [5, 5.41) is 28.3. The highest BCUT2D eigenvalue weighted by molar-refractivity contribution is 6.03. The third-order valence-electron chi connectivity index (χ3n) is 6.41. The van der Waals surface area contributed by atoms with Gasteiger partial charge in [0, 0.05) is 25.2 Å². The summed E-state index contributed by atoms with van der Waals surface area (Å²) in [5.74, 6) is -1.09. The highest BCUT2D eigenvalue weighted by Gasteiger charge is 2.31. The number of aryl methyl sites for hydroxylation is 1. The first-order chi connectivity index (χ1) is 17.5. The normalized spacial score (nSPS) is 13.1. The Morgan fingerprint density at radius 1 is 0.973 bits per heavy atom. The number of carbonyl (C=O) groups excluding carboxylic acids is 1. The maximum Gasteiger partial charge on any atom is 0.416 e. The number of phenols is 2. The Morgan fingerprint density at radius 2 is 1.65 bits per heavy atom. The summed E-state index contributed by atoms with van der Waals surface area (Å²) in [7, 11) is 0. The lowest BCUT2D eigenvalue weighted by atomic mass is 10.1. The second-order valence-electron chi connectivity index (χ2n) is 8.95. The second-order valence-corrected chi connectivity index (χ2v) is 8.95. The number of hydrogen-bond donors (Lipinski definition) is 3. The van der Waals surface area contributed by atoms with Gasteiger partial charge in [-0.2, -0.15) is 18.3 Å². The lowest BCUT2D eigenvalue weighted by molar-refractivity contribution is -0.137. The monoisotopic (exact) mass is 508 g/mol. The Kier molecular flexibility index (Phi) is 5.82. The van der Waals surface area contributed by atoms with Crippen LogP contribution < -0.4 is 5.32 Å². The number of amides is 1. The summed E-state index contributed by atoms with van der Waals surface area (Å²) in [5.41, 5.74) is 2.91. The van der Waals surface area contributed by atoms with E-state index in [4.69, 9.17) is 0 Å². The first kappa shape index (κ1) is 24.2. The zero-order chi connectivity index (χ0) is 26.5. The average molecular weight is 509 g/mol. The molecule has 0 spiro atoms. The maximum absolute atomic E-state index is 13.5. The van der Waals surface area contributed by atoms with Crippen molar-refractivity contribution in [1.29, 1.82) is 0 Å². The molecule has 3 N–H and O–H groups in total. The van der Waals surface area contributed by atoms with Gasteiger partial charge >= 0.3 is 6.18 Å². The molecule has 10 heteroatoms. The largest absolute Gasteiger partial charge is 0.508 e. The number of hydrogen-bond acceptors (Lipinski definition) is 5. The van der Waals surface area contributed by atoms with Crippen LogP contribution in [0.15, 0.2) is 60.7 Å². The van der Waals surface area contributed by atoms with Crippen LogP contribution in [0.5, 0.6) is 11.5 Å². The van der Waals surface area contributed by atoms with E-state index in [1.165, 1.54) is 22.9 Å². The minimum Gasteiger partial charge on any atom is -0.508 e. The molecule has 4 aromatic rings. The minimum absolute atomic E-state index is 0.0313. The molecule has 0 saturated heterocycles. The van der Waals surface area contributed by atoms with Gasteiger partial charge in [-0.25, -0.2) is 4.68 Å². The van der Waals surface area contributed by atoms with Crippen LogP contribution in [0.2, 0.25) is 0 Å². The van der Waals surface area contributed by atoms with Gasteiger partial charge in [0.25, 0.3) is 5.91 Å². The lowest BCUT2D eigenvalue weighted by Crippen LogP contribution is -2.26. The van der Waals surface area contributed by atoms with Crippen molar-refractivity contribution in [2.75, 3.05) is 5.32 Å². The number of carbonyl (C=O) groups is 1. The fourth-order valence-corrected chi connectivity index (χ4v) is 4.59. The number of halogens is 3. The number of nitrogens with one attached hydrogen (secondary N) is 1. The lowest BCUT2D eigenvalue weighted by Gasteiger charge is -2.20. The Labute approximate surface area is 210 Å². The van der Waals surface area contributed by atoms with Crippen LogP contribution in [0.4, 0.5) is 24.5 Å². The third kappa shape index (κ3) is 4.46. The average Bonchev–Trinajstić information content (AvgIpc) is 3.40. The van der Waals surface area contributed by atoms with Crippen molar-refractivity contribution in [1.82, 2.24) is 14.7 Å². The van der Waals surface area contributed by atoms with Crippen LogP contribution in [-0.2, 0) is 19.3 Å². The molecular formula is C27H23F3N4O3. The molecule has 190 valence electrons. The van der Waals surface area contributed by atoms with Gasteiger partial charge in [0.05, 0.1) is 34.0 Å². The number of aromatic hydroxyl groups is 2. The maximum atomic E-state index is 13.5. The fraction of sp³-hybridized carbons (Fsp3) is 0.185. The predicted octanol–water partition coefficient (Wildman–Crippen LogP) is 5.82. The minimum atomic E-state index is -4.50. The number of rotatable bonds is 4.